The van der Waals surface area contributed by atoms with Crippen molar-refractivity contribution in [2.75, 3.05) is 6.16 Å². The van der Waals surface area contributed by atoms with Crippen molar-refractivity contribution in [1.82, 2.24) is 14.6 Å². The Kier molecular flexibility index (Phi) is 4.59. The van der Waals surface area contributed by atoms with Crippen LogP contribution in [-0.4, -0.2) is 36.7 Å². The summed E-state index contributed by atoms with van der Waals surface area (Å²) in [5.41, 5.74) is 1.18. The van der Waals surface area contributed by atoms with E-state index in [-0.39, 0.29) is 5.88 Å². The Morgan fingerprint density at radius 3 is 2.95 bits per heavy atom. The number of nitrogens with zero attached hydrogens (tertiary/aromatic N) is 3. The van der Waals surface area contributed by atoms with Gasteiger partial charge < -0.3 is 14.5 Å². The fraction of sp³-hybridized carbons (Fsp3) is 0.417. The van der Waals surface area contributed by atoms with Gasteiger partial charge in [-0.3, -0.25) is 4.79 Å². The van der Waals surface area contributed by atoms with Gasteiger partial charge in [0.1, 0.15) is 0 Å². The molecule has 2 heterocycles. The van der Waals surface area contributed by atoms with Gasteiger partial charge in [0.05, 0.1) is 6.20 Å². The molecule has 9 heteroatoms. The van der Waals surface area contributed by atoms with Crippen molar-refractivity contribution >= 4 is 19.2 Å². The van der Waals surface area contributed by atoms with E-state index in [9.17, 15) is 14.3 Å². The van der Waals surface area contributed by atoms with E-state index in [0.29, 0.717) is 17.8 Å². The van der Waals surface area contributed by atoms with E-state index < -0.39 is 19.7 Å². The first kappa shape index (κ1) is 15.5. The van der Waals surface area contributed by atoms with Gasteiger partial charge in [-0.05, 0) is 12.8 Å². The Morgan fingerprint density at radius 1 is 1.52 bits per heavy atom. The number of carbonyl (C=O) groups is 1. The predicted octanol–water partition coefficient (Wildman–Crippen LogP) is 1.72. The van der Waals surface area contributed by atoms with Crippen molar-refractivity contribution in [3.8, 4) is 5.88 Å². The molecule has 2 N–H and O–H groups in total. The zero-order valence-electron chi connectivity index (χ0n) is 11.5. The highest BCUT2D eigenvalue weighted by molar-refractivity contribution is 7.54. The van der Waals surface area contributed by atoms with Crippen LogP contribution in [0.4, 0.5) is 0 Å². The molecular weight excluding hydrogens is 297 g/mol. The van der Waals surface area contributed by atoms with Crippen molar-refractivity contribution < 1.29 is 23.9 Å². The van der Waals surface area contributed by atoms with Crippen LogP contribution in [0.2, 0.25) is 0 Å². The van der Waals surface area contributed by atoms with E-state index in [1.165, 1.54) is 16.8 Å². The summed E-state index contributed by atoms with van der Waals surface area (Å²) in [5, 5.41) is 12.6. The minimum Gasteiger partial charge on any atom is -0.481 e. The summed E-state index contributed by atoms with van der Waals surface area (Å²) in [7, 11) is -4.28. The highest BCUT2D eigenvalue weighted by atomic mass is 31.2. The number of aromatic nitrogens is 3. The van der Waals surface area contributed by atoms with Crippen molar-refractivity contribution in [2.24, 2.45) is 0 Å². The van der Waals surface area contributed by atoms with Gasteiger partial charge in [-0.2, -0.15) is 9.61 Å². The number of carboxylic acid groups (broad SMARTS) is 1. The topological polar surface area (TPSA) is 114 Å². The van der Waals surface area contributed by atoms with Crippen LogP contribution in [0.15, 0.2) is 18.3 Å². The average molecular weight is 313 g/mol. The lowest BCUT2D eigenvalue weighted by Gasteiger charge is -2.13. The number of rotatable bonds is 7. The van der Waals surface area contributed by atoms with E-state index >= 15 is 0 Å². The molecule has 0 aliphatic heterocycles. The van der Waals surface area contributed by atoms with Crippen LogP contribution in [0.5, 0.6) is 5.88 Å². The first-order valence-corrected chi connectivity index (χ1v) is 8.24. The van der Waals surface area contributed by atoms with Gasteiger partial charge in [-0.15, -0.1) is 0 Å². The Morgan fingerprint density at radius 2 is 2.29 bits per heavy atom. The maximum atomic E-state index is 11.8. The molecule has 0 aromatic carbocycles. The van der Waals surface area contributed by atoms with Gasteiger partial charge in [0.25, 0.3) is 0 Å². The maximum absolute atomic E-state index is 11.8. The monoisotopic (exact) mass is 313 g/mol. The van der Waals surface area contributed by atoms with Crippen LogP contribution in [0.1, 0.15) is 25.5 Å². The minimum absolute atomic E-state index is 0.0168. The summed E-state index contributed by atoms with van der Waals surface area (Å²) in [4.78, 5) is 24.5. The molecule has 2 aromatic rings. The summed E-state index contributed by atoms with van der Waals surface area (Å²) >= 11 is 0. The van der Waals surface area contributed by atoms with Crippen LogP contribution in [0.25, 0.3) is 5.65 Å². The second kappa shape index (κ2) is 6.24. The van der Waals surface area contributed by atoms with Gasteiger partial charge in [0.2, 0.25) is 5.88 Å². The summed E-state index contributed by atoms with van der Waals surface area (Å²) in [6, 6.07) is 3.15. The van der Waals surface area contributed by atoms with E-state index in [1.54, 1.807) is 6.07 Å². The first-order chi connectivity index (χ1) is 9.91. The molecular formula is C12H16N3O5P. The van der Waals surface area contributed by atoms with Gasteiger partial charge >= 0.3 is 13.6 Å². The molecule has 0 fully saturated rings. The smallest absolute Gasteiger partial charge is 0.389 e. The van der Waals surface area contributed by atoms with Crippen molar-refractivity contribution in [2.45, 2.75) is 26.2 Å². The summed E-state index contributed by atoms with van der Waals surface area (Å²) in [6.07, 6.45) is 3.12. The van der Waals surface area contributed by atoms with Gasteiger partial charge in [-0.25, -0.2) is 9.55 Å². The van der Waals surface area contributed by atoms with Crippen molar-refractivity contribution in [1.29, 1.82) is 0 Å². The number of hydrogen-bond acceptors (Lipinski definition) is 5. The van der Waals surface area contributed by atoms with E-state index in [0.717, 1.165) is 12.8 Å². The largest absolute Gasteiger partial charge is 0.481 e. The summed E-state index contributed by atoms with van der Waals surface area (Å²) in [6.45, 7) is 2.05. The molecule has 0 radical (unpaired) electrons. The van der Waals surface area contributed by atoms with Crippen molar-refractivity contribution in [3.63, 3.8) is 0 Å². The van der Waals surface area contributed by atoms with Crippen LogP contribution in [-0.2, 0) is 15.8 Å². The molecule has 0 aliphatic rings. The lowest BCUT2D eigenvalue weighted by Crippen LogP contribution is -2.09. The van der Waals surface area contributed by atoms with Gasteiger partial charge in [-0.1, -0.05) is 13.3 Å². The van der Waals surface area contributed by atoms with E-state index in [2.05, 4.69) is 10.1 Å². The lowest BCUT2D eigenvalue weighted by atomic mass is 10.2. The molecule has 2 rings (SSSR count). The summed E-state index contributed by atoms with van der Waals surface area (Å²) in [5.74, 6) is -1.39. The minimum atomic E-state index is -4.28. The third-order valence-electron chi connectivity index (χ3n) is 2.74. The average Bonchev–Trinajstić information content (AvgIpc) is 2.82. The molecule has 114 valence electrons. The standard InChI is InChI=1S/C12H16N3O5P/c1-2-3-4-9-7-11(15-10(14-9)5-6-13-15)20-21(18,19)8-12(16)17/h5-7H,2-4,8H2,1H3,(H,16,17)(H,18,19). The number of unbranched alkanes of at least 4 members (excludes halogenated alkanes) is 1. The van der Waals surface area contributed by atoms with Gasteiger partial charge in [0.15, 0.2) is 11.8 Å². The lowest BCUT2D eigenvalue weighted by molar-refractivity contribution is -0.134. The molecule has 0 saturated heterocycles. The SMILES string of the molecule is CCCCc1cc(OP(=O)(O)CC(=O)O)n2nccc2n1. The molecule has 0 bridgehead atoms. The normalized spacial score (nSPS) is 14.0. The zero-order chi connectivity index (χ0) is 15.5. The maximum Gasteiger partial charge on any atom is 0.389 e. The zero-order valence-corrected chi connectivity index (χ0v) is 12.4. The highest BCUT2D eigenvalue weighted by Gasteiger charge is 2.27. The molecule has 2 aromatic heterocycles. The van der Waals surface area contributed by atoms with Crippen LogP contribution in [0.3, 0.4) is 0 Å². The number of fused-ring (bicyclic) bond motifs is 1. The Balaban J connectivity index is 2.34. The highest BCUT2D eigenvalue weighted by Crippen LogP contribution is 2.42. The Bertz CT molecular complexity index is 699. The van der Waals surface area contributed by atoms with Crippen molar-refractivity contribution in [3.05, 3.63) is 24.0 Å². The number of aliphatic carboxylic acids is 1. The third kappa shape index (κ3) is 4.03. The molecule has 1 atom stereocenters. The second-order valence-corrected chi connectivity index (χ2v) is 6.34. The second-order valence-electron chi connectivity index (χ2n) is 4.57. The third-order valence-corrected chi connectivity index (χ3v) is 3.88. The molecule has 0 saturated carbocycles. The fourth-order valence-corrected chi connectivity index (χ4v) is 2.66. The molecule has 0 amide bonds. The van der Waals surface area contributed by atoms with Crippen LogP contribution >= 0.6 is 7.60 Å². The first-order valence-electron chi connectivity index (χ1n) is 6.48. The Labute approximate surface area is 120 Å². The summed E-state index contributed by atoms with van der Waals surface area (Å²) < 4.78 is 18.0. The predicted molar refractivity (Wildman–Crippen MR) is 74.6 cm³/mol. The molecule has 8 nitrogen and oxygen atoms in total. The van der Waals surface area contributed by atoms with E-state index in [1.807, 2.05) is 6.92 Å². The molecule has 0 spiro atoms. The number of hydrogen-bond donors (Lipinski definition) is 2. The molecule has 21 heavy (non-hydrogen) atoms. The Hall–Kier alpha value is -1.92. The number of carboxylic acids is 1. The van der Waals surface area contributed by atoms with Crippen LogP contribution in [0, 0.1) is 0 Å². The quantitative estimate of drug-likeness (QED) is 0.748. The van der Waals surface area contributed by atoms with Crippen LogP contribution < -0.4 is 4.52 Å². The fourth-order valence-electron chi connectivity index (χ4n) is 1.83. The number of aryl methyl sites for hydroxylation is 1. The van der Waals surface area contributed by atoms with E-state index in [4.69, 9.17) is 9.63 Å². The van der Waals surface area contributed by atoms with Gasteiger partial charge in [0, 0.05) is 17.8 Å². The molecule has 1 unspecified atom stereocenters. The molecule has 0 aliphatic carbocycles.